The van der Waals surface area contributed by atoms with Crippen molar-refractivity contribution in [2.24, 2.45) is 0 Å². The molecule has 3 aromatic carbocycles. The van der Waals surface area contributed by atoms with E-state index in [9.17, 15) is 9.59 Å². The number of carbonyl (C=O) groups is 2. The number of aromatic nitrogens is 2. The average molecular weight is 551 g/mol. The number of anilines is 1. The van der Waals surface area contributed by atoms with Crippen LogP contribution in [0.2, 0.25) is 0 Å². The second kappa shape index (κ2) is 10.2. The first-order chi connectivity index (χ1) is 19.8. The molecule has 1 saturated heterocycles. The molecule has 4 aromatic rings. The van der Waals surface area contributed by atoms with E-state index in [1.165, 1.54) is 4.90 Å². The van der Waals surface area contributed by atoms with Crippen molar-refractivity contribution in [3.8, 4) is 17.5 Å². The highest BCUT2D eigenvalue weighted by Crippen LogP contribution is 2.53. The molecule has 9 heteroatoms. The summed E-state index contributed by atoms with van der Waals surface area (Å²) in [4.78, 5) is 40.2. The number of methoxy groups -OCH3 is 2. The van der Waals surface area contributed by atoms with E-state index in [1.54, 1.807) is 19.1 Å². The fourth-order valence-electron chi connectivity index (χ4n) is 5.79. The summed E-state index contributed by atoms with van der Waals surface area (Å²) < 4.78 is 17.2. The van der Waals surface area contributed by atoms with Crippen LogP contribution in [0.3, 0.4) is 0 Å². The second-order valence-corrected chi connectivity index (χ2v) is 10.2. The van der Waals surface area contributed by atoms with Gasteiger partial charge in [-0.2, -0.15) is 0 Å². The molecule has 2 amide bonds. The highest BCUT2D eigenvalue weighted by Gasteiger charge is 2.62. The van der Waals surface area contributed by atoms with Crippen molar-refractivity contribution in [1.29, 1.82) is 0 Å². The lowest BCUT2D eigenvalue weighted by Gasteiger charge is -2.53. The summed E-state index contributed by atoms with van der Waals surface area (Å²) >= 11 is 0. The molecule has 2 atom stereocenters. The van der Waals surface area contributed by atoms with Crippen LogP contribution in [0.1, 0.15) is 34.5 Å². The quantitative estimate of drug-likeness (QED) is 0.312. The summed E-state index contributed by atoms with van der Waals surface area (Å²) in [5.74, 6) is 0.760. The molecule has 0 bridgehead atoms. The third-order valence-electron chi connectivity index (χ3n) is 7.67. The van der Waals surface area contributed by atoms with Crippen molar-refractivity contribution in [3.63, 3.8) is 0 Å². The van der Waals surface area contributed by atoms with E-state index < -0.39 is 17.7 Å². The fraction of sp³-hybridized carbons (Fsp3) is 0.250. The van der Waals surface area contributed by atoms with Crippen LogP contribution in [0, 0.1) is 13.8 Å². The minimum absolute atomic E-state index is 0.0374. The van der Waals surface area contributed by atoms with Crippen molar-refractivity contribution in [2.75, 3.05) is 19.1 Å². The van der Waals surface area contributed by atoms with Gasteiger partial charge in [-0.05, 0) is 61.4 Å². The molecule has 0 radical (unpaired) electrons. The number of amides is 2. The number of benzene rings is 3. The van der Waals surface area contributed by atoms with Crippen LogP contribution in [0.15, 0.2) is 78.9 Å². The number of carbonyl (C=O) groups excluding carboxylic acids is 2. The Kier molecular flexibility index (Phi) is 6.57. The average Bonchev–Trinajstić information content (AvgIpc) is 3.03. The molecule has 1 fully saturated rings. The lowest BCUT2D eigenvalue weighted by molar-refractivity contribution is -0.176. The Hall–Kier alpha value is -4.92. The summed E-state index contributed by atoms with van der Waals surface area (Å²) in [6.07, 6.45) is -1.15. The minimum atomic E-state index is -1.31. The monoisotopic (exact) mass is 550 g/mol. The van der Waals surface area contributed by atoms with E-state index in [2.05, 4.69) is 9.97 Å². The molecule has 2 aliphatic heterocycles. The Bertz CT molecular complexity index is 1620. The van der Waals surface area contributed by atoms with Gasteiger partial charge < -0.3 is 19.1 Å². The maximum absolute atomic E-state index is 14.5. The fourth-order valence-corrected chi connectivity index (χ4v) is 5.79. The summed E-state index contributed by atoms with van der Waals surface area (Å²) in [6.45, 7) is 3.92. The first kappa shape index (κ1) is 26.3. The molecule has 9 nitrogen and oxygen atoms in total. The molecule has 0 spiro atoms. The number of ether oxygens (including phenoxy) is 3. The number of rotatable bonds is 7. The normalized spacial score (nSPS) is 19.6. The van der Waals surface area contributed by atoms with Gasteiger partial charge in [-0.3, -0.25) is 14.5 Å². The van der Waals surface area contributed by atoms with Crippen molar-refractivity contribution in [2.45, 2.75) is 38.6 Å². The van der Waals surface area contributed by atoms with Gasteiger partial charge in [0.05, 0.1) is 32.9 Å². The van der Waals surface area contributed by atoms with E-state index in [-0.39, 0.29) is 24.9 Å². The molecular weight excluding hydrogens is 520 g/mol. The zero-order chi connectivity index (χ0) is 28.7. The molecule has 208 valence electrons. The number of aryl methyl sites for hydroxylation is 2. The summed E-state index contributed by atoms with van der Waals surface area (Å²) in [6, 6.07) is 24.7. The molecule has 0 saturated carbocycles. The number of nitrogens with zero attached hydrogens (tertiary/aromatic N) is 4. The minimum Gasteiger partial charge on any atom is -0.497 e. The van der Waals surface area contributed by atoms with Crippen molar-refractivity contribution >= 4 is 17.5 Å². The van der Waals surface area contributed by atoms with Crippen LogP contribution in [0.25, 0.3) is 0 Å². The predicted molar refractivity (Wildman–Crippen MR) is 152 cm³/mol. The molecule has 6 rings (SSSR count). The largest absolute Gasteiger partial charge is 0.497 e. The molecule has 0 N–H and O–H groups in total. The van der Waals surface area contributed by atoms with Crippen LogP contribution >= 0.6 is 0 Å². The second-order valence-electron chi connectivity index (χ2n) is 10.2. The van der Waals surface area contributed by atoms with Crippen molar-refractivity contribution in [1.82, 2.24) is 14.9 Å². The van der Waals surface area contributed by atoms with Gasteiger partial charge in [0, 0.05) is 17.0 Å². The lowest BCUT2D eigenvalue weighted by atomic mass is 9.71. The summed E-state index contributed by atoms with van der Waals surface area (Å²) in [7, 11) is 3.21. The van der Waals surface area contributed by atoms with Crippen LogP contribution in [0.4, 0.5) is 5.69 Å². The number of fused-ring (bicyclic) bond motifs is 3. The topological polar surface area (TPSA) is 94.1 Å². The van der Waals surface area contributed by atoms with Gasteiger partial charge in [-0.25, -0.2) is 9.97 Å². The standard InChI is InChI=1S/C32H30N4O5/c1-20-16-21(2)34-31(33-20)41-30-29(38)35(19-22-12-14-24(39-3)15-13-22)27-11-6-5-10-26(27)32(18-28(37)36(30)32)23-8-7-9-25(17-23)40-4/h5-17,30H,18-19H2,1-4H3. The van der Waals surface area contributed by atoms with E-state index in [4.69, 9.17) is 14.2 Å². The van der Waals surface area contributed by atoms with Crippen LogP contribution in [-0.4, -0.2) is 47.1 Å². The van der Waals surface area contributed by atoms with Crippen molar-refractivity contribution < 1.29 is 23.8 Å². The maximum atomic E-state index is 14.5. The zero-order valence-corrected chi connectivity index (χ0v) is 23.3. The molecule has 3 heterocycles. The number of β-lactam (4-membered cyclic amide) rings is 1. The summed E-state index contributed by atoms with van der Waals surface area (Å²) in [5, 5.41) is 0. The Morgan fingerprint density at radius 3 is 2.24 bits per heavy atom. The molecule has 2 unspecified atom stereocenters. The molecular formula is C32H30N4O5. The smallest absolute Gasteiger partial charge is 0.319 e. The van der Waals surface area contributed by atoms with E-state index in [1.807, 2.05) is 92.7 Å². The van der Waals surface area contributed by atoms with Gasteiger partial charge in [0.1, 0.15) is 17.0 Å². The van der Waals surface area contributed by atoms with Gasteiger partial charge in [0.25, 0.3) is 12.1 Å². The van der Waals surface area contributed by atoms with E-state index in [0.29, 0.717) is 22.8 Å². The third kappa shape index (κ3) is 4.43. The van der Waals surface area contributed by atoms with Gasteiger partial charge in [-0.1, -0.05) is 42.5 Å². The molecule has 1 aromatic heterocycles. The van der Waals surface area contributed by atoms with Gasteiger partial charge in [0.2, 0.25) is 5.91 Å². The number of hydrogen-bond donors (Lipinski definition) is 0. The van der Waals surface area contributed by atoms with Gasteiger partial charge >= 0.3 is 6.01 Å². The molecule has 0 aliphatic carbocycles. The number of para-hydroxylation sites is 1. The third-order valence-corrected chi connectivity index (χ3v) is 7.67. The first-order valence-corrected chi connectivity index (χ1v) is 13.3. The summed E-state index contributed by atoms with van der Waals surface area (Å²) in [5.41, 5.74) is 3.64. The Labute approximate surface area is 238 Å². The predicted octanol–water partition coefficient (Wildman–Crippen LogP) is 4.54. The van der Waals surface area contributed by atoms with E-state index in [0.717, 1.165) is 22.4 Å². The van der Waals surface area contributed by atoms with Crippen LogP contribution in [0.5, 0.6) is 17.5 Å². The zero-order valence-electron chi connectivity index (χ0n) is 23.3. The van der Waals surface area contributed by atoms with Gasteiger partial charge in [-0.15, -0.1) is 0 Å². The Balaban J connectivity index is 1.55. The Morgan fingerprint density at radius 1 is 0.854 bits per heavy atom. The highest BCUT2D eigenvalue weighted by atomic mass is 16.5. The van der Waals surface area contributed by atoms with Crippen LogP contribution in [-0.2, 0) is 21.7 Å². The molecule has 2 aliphatic rings. The maximum Gasteiger partial charge on any atom is 0.319 e. The van der Waals surface area contributed by atoms with Crippen LogP contribution < -0.4 is 19.1 Å². The lowest BCUT2D eigenvalue weighted by Crippen LogP contribution is -2.68. The molecule has 41 heavy (non-hydrogen) atoms. The van der Waals surface area contributed by atoms with E-state index >= 15 is 0 Å². The number of hydrogen-bond acceptors (Lipinski definition) is 7. The Morgan fingerprint density at radius 2 is 1.56 bits per heavy atom. The highest BCUT2D eigenvalue weighted by molar-refractivity contribution is 6.04. The SMILES string of the molecule is COc1ccc(CN2C(=O)C(Oc3nc(C)cc(C)n3)N3C(=O)CC3(c3cccc(OC)c3)c3ccccc32)cc1. The van der Waals surface area contributed by atoms with Crippen molar-refractivity contribution in [3.05, 3.63) is 107 Å². The van der Waals surface area contributed by atoms with Gasteiger partial charge in [0.15, 0.2) is 0 Å². The first-order valence-electron chi connectivity index (χ1n) is 13.3.